The molecule has 0 bridgehead atoms. The minimum absolute atomic E-state index is 0.0592. The molecular weight excluding hydrogens is 360 g/mol. The standard InChI is InChI=1S/C21H24N2O3S/c1-27(25,26)23-19-11-8-17(9-12-19)10-13-20(24)22-16-21(14-5-15-21)18-6-3-2-4-7-18/h2-4,6-13,23H,5,14-16H2,1H3,(H,22,24)/b13-10+. The lowest BCUT2D eigenvalue weighted by Crippen LogP contribution is -2.45. The molecule has 0 atom stereocenters. The highest BCUT2D eigenvalue weighted by atomic mass is 32.2. The van der Waals surface area contributed by atoms with Crippen LogP contribution in [0.3, 0.4) is 0 Å². The first-order chi connectivity index (χ1) is 12.9. The molecule has 0 spiro atoms. The molecule has 1 aliphatic rings. The first-order valence-corrected chi connectivity index (χ1v) is 10.8. The van der Waals surface area contributed by atoms with Crippen LogP contribution in [0.15, 0.2) is 60.7 Å². The van der Waals surface area contributed by atoms with Crippen LogP contribution in [-0.4, -0.2) is 27.1 Å². The molecule has 0 aliphatic heterocycles. The zero-order valence-corrected chi connectivity index (χ0v) is 16.1. The molecule has 2 aromatic carbocycles. The normalized spacial score (nSPS) is 15.9. The third-order valence-electron chi connectivity index (χ3n) is 4.94. The number of hydrogen-bond donors (Lipinski definition) is 2. The van der Waals surface area contributed by atoms with Gasteiger partial charge in [0.05, 0.1) is 6.26 Å². The number of benzene rings is 2. The van der Waals surface area contributed by atoms with Gasteiger partial charge in [-0.15, -0.1) is 0 Å². The van der Waals surface area contributed by atoms with Gasteiger partial charge in [-0.1, -0.05) is 48.9 Å². The Morgan fingerprint density at radius 2 is 1.74 bits per heavy atom. The van der Waals surface area contributed by atoms with Gasteiger partial charge in [0.25, 0.3) is 0 Å². The van der Waals surface area contributed by atoms with E-state index in [2.05, 4.69) is 22.2 Å². The predicted molar refractivity (Wildman–Crippen MR) is 109 cm³/mol. The highest BCUT2D eigenvalue weighted by Gasteiger charge is 2.38. The van der Waals surface area contributed by atoms with Crippen molar-refractivity contribution in [1.82, 2.24) is 5.32 Å². The largest absolute Gasteiger partial charge is 0.352 e. The zero-order valence-electron chi connectivity index (χ0n) is 15.3. The third-order valence-corrected chi connectivity index (χ3v) is 5.55. The molecule has 142 valence electrons. The van der Waals surface area contributed by atoms with E-state index in [1.807, 2.05) is 18.2 Å². The van der Waals surface area contributed by atoms with E-state index in [0.717, 1.165) is 24.7 Å². The minimum Gasteiger partial charge on any atom is -0.352 e. The first-order valence-electron chi connectivity index (χ1n) is 8.96. The van der Waals surface area contributed by atoms with Crippen LogP contribution in [0.1, 0.15) is 30.4 Å². The summed E-state index contributed by atoms with van der Waals surface area (Å²) < 4.78 is 24.8. The lowest BCUT2D eigenvalue weighted by Gasteiger charge is -2.42. The van der Waals surface area contributed by atoms with Crippen LogP contribution in [0.2, 0.25) is 0 Å². The highest BCUT2D eigenvalue weighted by molar-refractivity contribution is 7.92. The van der Waals surface area contributed by atoms with Crippen LogP contribution in [0.5, 0.6) is 0 Å². The van der Waals surface area contributed by atoms with Crippen LogP contribution in [0, 0.1) is 0 Å². The summed E-state index contributed by atoms with van der Waals surface area (Å²) in [4.78, 5) is 12.2. The number of nitrogens with one attached hydrogen (secondary N) is 2. The predicted octanol–water partition coefficient (Wildman–Crippen LogP) is 3.31. The van der Waals surface area contributed by atoms with Crippen LogP contribution >= 0.6 is 0 Å². The second-order valence-corrected chi connectivity index (χ2v) is 8.80. The van der Waals surface area contributed by atoms with Gasteiger partial charge in [0.15, 0.2) is 0 Å². The molecule has 0 heterocycles. The van der Waals surface area contributed by atoms with Crippen molar-refractivity contribution in [3.8, 4) is 0 Å². The van der Waals surface area contributed by atoms with Crippen molar-refractivity contribution in [2.24, 2.45) is 0 Å². The molecule has 1 fully saturated rings. The molecular formula is C21H24N2O3S. The molecule has 3 rings (SSSR count). The Morgan fingerprint density at radius 3 is 2.30 bits per heavy atom. The summed E-state index contributed by atoms with van der Waals surface area (Å²) >= 11 is 0. The summed E-state index contributed by atoms with van der Waals surface area (Å²) in [7, 11) is -3.29. The Bertz CT molecular complexity index is 916. The minimum atomic E-state index is -3.29. The smallest absolute Gasteiger partial charge is 0.244 e. The SMILES string of the molecule is CS(=O)(=O)Nc1ccc(/C=C/C(=O)NCC2(c3ccccc3)CCC2)cc1. The Hall–Kier alpha value is -2.60. The number of hydrogen-bond acceptors (Lipinski definition) is 3. The second kappa shape index (κ2) is 7.96. The van der Waals surface area contributed by atoms with Crippen LogP contribution in [0.25, 0.3) is 6.08 Å². The molecule has 5 nitrogen and oxygen atoms in total. The Labute approximate surface area is 160 Å². The molecule has 0 saturated heterocycles. The molecule has 0 aromatic heterocycles. The van der Waals surface area contributed by atoms with Gasteiger partial charge in [0.2, 0.25) is 15.9 Å². The number of carbonyl (C=O) groups excluding carboxylic acids is 1. The van der Waals surface area contributed by atoms with Gasteiger partial charge in [-0.05, 0) is 42.2 Å². The van der Waals surface area contributed by atoms with Crippen molar-refractivity contribution in [3.05, 3.63) is 71.8 Å². The van der Waals surface area contributed by atoms with E-state index < -0.39 is 10.0 Å². The number of sulfonamides is 1. The molecule has 6 heteroatoms. The van der Waals surface area contributed by atoms with E-state index in [1.165, 1.54) is 18.1 Å². The van der Waals surface area contributed by atoms with E-state index in [1.54, 1.807) is 30.3 Å². The van der Waals surface area contributed by atoms with Gasteiger partial charge in [-0.3, -0.25) is 9.52 Å². The average molecular weight is 385 g/mol. The van der Waals surface area contributed by atoms with Gasteiger partial charge in [0, 0.05) is 23.7 Å². The van der Waals surface area contributed by atoms with Crippen LogP contribution in [-0.2, 0) is 20.2 Å². The van der Waals surface area contributed by atoms with E-state index in [0.29, 0.717) is 12.2 Å². The summed E-state index contributed by atoms with van der Waals surface area (Å²) in [5, 5.41) is 3.02. The molecule has 0 radical (unpaired) electrons. The quantitative estimate of drug-likeness (QED) is 0.719. The zero-order chi connectivity index (χ0) is 19.3. The fraction of sp³-hybridized carbons (Fsp3) is 0.286. The average Bonchev–Trinajstić information content (AvgIpc) is 2.60. The summed E-state index contributed by atoms with van der Waals surface area (Å²) in [6, 6.07) is 17.2. The van der Waals surface area contributed by atoms with Crippen molar-refractivity contribution in [2.75, 3.05) is 17.5 Å². The number of rotatable bonds is 7. The summed E-state index contributed by atoms with van der Waals surface area (Å²) in [6.07, 6.45) is 7.71. The maximum atomic E-state index is 12.2. The number of carbonyl (C=O) groups is 1. The first kappa shape index (κ1) is 19.2. The van der Waals surface area contributed by atoms with E-state index >= 15 is 0 Å². The van der Waals surface area contributed by atoms with Gasteiger partial charge in [0.1, 0.15) is 0 Å². The van der Waals surface area contributed by atoms with Gasteiger partial charge >= 0.3 is 0 Å². The molecule has 2 N–H and O–H groups in total. The molecule has 1 amide bonds. The van der Waals surface area contributed by atoms with E-state index in [4.69, 9.17) is 0 Å². The molecule has 1 saturated carbocycles. The molecule has 2 aromatic rings. The Kier molecular flexibility index (Phi) is 5.65. The maximum Gasteiger partial charge on any atom is 0.244 e. The number of amides is 1. The van der Waals surface area contributed by atoms with Crippen molar-refractivity contribution in [3.63, 3.8) is 0 Å². The lowest BCUT2D eigenvalue weighted by atomic mass is 9.64. The van der Waals surface area contributed by atoms with E-state index in [-0.39, 0.29) is 11.3 Å². The highest BCUT2D eigenvalue weighted by Crippen LogP contribution is 2.43. The van der Waals surface area contributed by atoms with Crippen molar-refractivity contribution in [1.29, 1.82) is 0 Å². The molecule has 0 unspecified atom stereocenters. The third kappa shape index (κ3) is 5.20. The summed E-state index contributed by atoms with van der Waals surface area (Å²) in [5.74, 6) is -0.129. The van der Waals surface area contributed by atoms with Crippen molar-refractivity contribution in [2.45, 2.75) is 24.7 Å². The van der Waals surface area contributed by atoms with Crippen molar-refractivity contribution < 1.29 is 13.2 Å². The van der Waals surface area contributed by atoms with Crippen LogP contribution in [0.4, 0.5) is 5.69 Å². The topological polar surface area (TPSA) is 75.3 Å². The molecule has 27 heavy (non-hydrogen) atoms. The maximum absolute atomic E-state index is 12.2. The summed E-state index contributed by atoms with van der Waals surface area (Å²) in [6.45, 7) is 0.636. The van der Waals surface area contributed by atoms with Gasteiger partial charge < -0.3 is 5.32 Å². The molecule has 1 aliphatic carbocycles. The Morgan fingerprint density at radius 1 is 1.07 bits per heavy atom. The number of anilines is 1. The van der Waals surface area contributed by atoms with E-state index in [9.17, 15) is 13.2 Å². The Balaban J connectivity index is 1.56. The monoisotopic (exact) mass is 384 g/mol. The second-order valence-electron chi connectivity index (χ2n) is 7.05. The fourth-order valence-corrected chi connectivity index (χ4v) is 3.89. The van der Waals surface area contributed by atoms with Crippen molar-refractivity contribution >= 4 is 27.7 Å². The van der Waals surface area contributed by atoms with Gasteiger partial charge in [-0.25, -0.2) is 8.42 Å². The fourth-order valence-electron chi connectivity index (χ4n) is 3.33. The summed E-state index contributed by atoms with van der Waals surface area (Å²) in [5.41, 5.74) is 2.66. The van der Waals surface area contributed by atoms with Crippen LogP contribution < -0.4 is 10.0 Å². The lowest BCUT2D eigenvalue weighted by molar-refractivity contribution is -0.116. The van der Waals surface area contributed by atoms with Gasteiger partial charge in [-0.2, -0.15) is 0 Å².